The molecule has 1 heterocycles. The predicted molar refractivity (Wildman–Crippen MR) is 128 cm³/mol. The van der Waals surface area contributed by atoms with Crippen molar-refractivity contribution in [3.8, 4) is 0 Å². The van der Waals surface area contributed by atoms with Crippen molar-refractivity contribution in [1.29, 1.82) is 0 Å². The minimum absolute atomic E-state index is 0.159. The van der Waals surface area contributed by atoms with Crippen LogP contribution in [-0.4, -0.2) is 57.5 Å². The van der Waals surface area contributed by atoms with Crippen LogP contribution in [0.4, 0.5) is 5.69 Å². The van der Waals surface area contributed by atoms with Crippen molar-refractivity contribution in [2.45, 2.75) is 49.4 Å². The minimum Gasteiger partial charge on any atom is -0.326 e. The number of carbonyl (C=O) groups excluding carboxylic acids is 1. The van der Waals surface area contributed by atoms with Gasteiger partial charge in [-0.25, -0.2) is 16.8 Å². The van der Waals surface area contributed by atoms with E-state index >= 15 is 0 Å². The van der Waals surface area contributed by atoms with Crippen LogP contribution in [-0.2, 0) is 24.8 Å². The van der Waals surface area contributed by atoms with Gasteiger partial charge in [-0.3, -0.25) is 4.79 Å². The lowest BCUT2D eigenvalue weighted by Crippen LogP contribution is -2.41. The highest BCUT2D eigenvalue weighted by atomic mass is 32.2. The van der Waals surface area contributed by atoms with Crippen molar-refractivity contribution in [2.75, 3.05) is 25.5 Å². The second-order valence-electron chi connectivity index (χ2n) is 8.62. The molecule has 8 nitrogen and oxygen atoms in total. The largest absolute Gasteiger partial charge is 0.326 e. The summed E-state index contributed by atoms with van der Waals surface area (Å²) in [6, 6.07) is 12.6. The summed E-state index contributed by atoms with van der Waals surface area (Å²) in [5, 5.41) is 2.82. The van der Waals surface area contributed by atoms with Gasteiger partial charge < -0.3 is 5.32 Å². The molecular weight excluding hydrogens is 462 g/mol. The number of hydrogen-bond acceptors (Lipinski definition) is 5. The van der Waals surface area contributed by atoms with Gasteiger partial charge in [0.05, 0.1) is 9.79 Å². The van der Waals surface area contributed by atoms with Gasteiger partial charge in [-0.15, -0.1) is 0 Å². The minimum atomic E-state index is -3.59. The molecule has 0 spiro atoms. The Morgan fingerprint density at radius 1 is 0.939 bits per heavy atom. The molecule has 1 amide bonds. The van der Waals surface area contributed by atoms with E-state index in [2.05, 4.69) is 5.32 Å². The van der Waals surface area contributed by atoms with E-state index in [4.69, 9.17) is 0 Å². The third-order valence-electron chi connectivity index (χ3n) is 6.01. The Kier molecular flexibility index (Phi) is 7.62. The number of anilines is 1. The average molecular weight is 494 g/mol. The first-order chi connectivity index (χ1) is 15.4. The molecule has 10 heteroatoms. The zero-order valence-corrected chi connectivity index (χ0v) is 21.0. The zero-order valence-electron chi connectivity index (χ0n) is 19.4. The summed E-state index contributed by atoms with van der Waals surface area (Å²) in [5.41, 5.74) is 1.49. The first-order valence-electron chi connectivity index (χ1n) is 10.9. The monoisotopic (exact) mass is 493 g/mol. The second kappa shape index (κ2) is 9.92. The highest BCUT2D eigenvalue weighted by Gasteiger charge is 2.32. The highest BCUT2D eigenvalue weighted by Crippen LogP contribution is 2.26. The number of nitrogens with one attached hydrogen (secondary N) is 1. The molecule has 0 radical (unpaired) electrons. The molecule has 3 rings (SSSR count). The molecule has 180 valence electrons. The first-order valence-corrected chi connectivity index (χ1v) is 13.8. The molecule has 0 aliphatic carbocycles. The SMILES string of the molecule is Cc1ccc(S(=O)(=O)N2CCC(C(=O)Nc3ccc(S(=O)(=O)N(C)C(C)C)cc3)CC2)cc1. The average Bonchev–Trinajstić information content (AvgIpc) is 2.79. The van der Waals surface area contributed by atoms with Gasteiger partial charge in [0, 0.05) is 37.8 Å². The van der Waals surface area contributed by atoms with Crippen molar-refractivity contribution in [3.05, 3.63) is 54.1 Å². The molecule has 1 aliphatic rings. The molecule has 2 aromatic carbocycles. The van der Waals surface area contributed by atoms with Gasteiger partial charge >= 0.3 is 0 Å². The fraction of sp³-hybridized carbons (Fsp3) is 0.435. The Bertz CT molecular complexity index is 1180. The molecule has 0 aromatic heterocycles. The van der Waals surface area contributed by atoms with E-state index < -0.39 is 20.0 Å². The topological polar surface area (TPSA) is 104 Å². The van der Waals surface area contributed by atoms with E-state index in [0.29, 0.717) is 18.5 Å². The van der Waals surface area contributed by atoms with Gasteiger partial charge in [0.15, 0.2) is 0 Å². The number of hydrogen-bond donors (Lipinski definition) is 1. The Morgan fingerprint density at radius 2 is 1.45 bits per heavy atom. The van der Waals surface area contributed by atoms with Crippen molar-refractivity contribution in [1.82, 2.24) is 8.61 Å². The maximum atomic E-state index is 12.8. The molecule has 0 saturated carbocycles. The van der Waals surface area contributed by atoms with Crippen LogP contribution < -0.4 is 5.32 Å². The van der Waals surface area contributed by atoms with Gasteiger partial charge in [0.2, 0.25) is 26.0 Å². The van der Waals surface area contributed by atoms with Crippen molar-refractivity contribution in [3.63, 3.8) is 0 Å². The summed E-state index contributed by atoms with van der Waals surface area (Å²) in [7, 11) is -5.64. The highest BCUT2D eigenvalue weighted by molar-refractivity contribution is 7.89. The van der Waals surface area contributed by atoms with E-state index in [-0.39, 0.29) is 40.7 Å². The van der Waals surface area contributed by atoms with Crippen LogP contribution in [0.3, 0.4) is 0 Å². The molecule has 1 saturated heterocycles. The van der Waals surface area contributed by atoms with Crippen LogP contribution in [0.2, 0.25) is 0 Å². The van der Waals surface area contributed by atoms with Gasteiger partial charge in [-0.2, -0.15) is 8.61 Å². The lowest BCUT2D eigenvalue weighted by molar-refractivity contribution is -0.120. The second-order valence-corrected chi connectivity index (χ2v) is 12.6. The van der Waals surface area contributed by atoms with Crippen LogP contribution in [0.25, 0.3) is 0 Å². The molecule has 0 bridgehead atoms. The number of aryl methyl sites for hydroxylation is 1. The lowest BCUT2D eigenvalue weighted by atomic mass is 9.97. The van der Waals surface area contributed by atoms with E-state index in [0.717, 1.165) is 5.56 Å². The maximum Gasteiger partial charge on any atom is 0.243 e. The smallest absolute Gasteiger partial charge is 0.243 e. The van der Waals surface area contributed by atoms with Crippen LogP contribution in [0.1, 0.15) is 32.3 Å². The van der Waals surface area contributed by atoms with Crippen LogP contribution in [0.5, 0.6) is 0 Å². The van der Waals surface area contributed by atoms with Crippen LogP contribution in [0, 0.1) is 12.8 Å². The number of piperidine rings is 1. The van der Waals surface area contributed by atoms with Gasteiger partial charge in [-0.05, 0) is 70.0 Å². The number of amides is 1. The zero-order chi connectivity index (χ0) is 24.4. The van der Waals surface area contributed by atoms with E-state index in [1.54, 1.807) is 50.2 Å². The van der Waals surface area contributed by atoms with E-state index in [9.17, 15) is 21.6 Å². The lowest BCUT2D eigenvalue weighted by Gasteiger charge is -2.30. The van der Waals surface area contributed by atoms with Crippen molar-refractivity contribution >= 4 is 31.6 Å². The van der Waals surface area contributed by atoms with Gasteiger partial charge in [-0.1, -0.05) is 17.7 Å². The summed E-state index contributed by atoms with van der Waals surface area (Å²) in [6.07, 6.45) is 0.838. The Hall–Kier alpha value is -2.27. The molecule has 1 aliphatic heterocycles. The fourth-order valence-electron chi connectivity index (χ4n) is 3.62. The molecule has 2 aromatic rings. The maximum absolute atomic E-state index is 12.8. The predicted octanol–water partition coefficient (Wildman–Crippen LogP) is 3.06. The summed E-state index contributed by atoms with van der Waals surface area (Å²) in [5.74, 6) is -0.512. The van der Waals surface area contributed by atoms with Gasteiger partial charge in [0.1, 0.15) is 0 Å². The Balaban J connectivity index is 1.60. The van der Waals surface area contributed by atoms with Gasteiger partial charge in [0.25, 0.3) is 0 Å². The normalized spacial score (nSPS) is 16.3. The number of nitrogens with zero attached hydrogens (tertiary/aromatic N) is 2. The third-order valence-corrected chi connectivity index (χ3v) is 9.97. The van der Waals surface area contributed by atoms with Crippen LogP contribution >= 0.6 is 0 Å². The number of benzene rings is 2. The standard InChI is InChI=1S/C23H31N3O5S2/c1-17(2)25(4)32(28,29)21-11-7-20(8-12-21)24-23(27)19-13-15-26(16-14-19)33(30,31)22-9-5-18(3)6-10-22/h5-12,17,19H,13-16H2,1-4H3,(H,24,27). The Morgan fingerprint density at radius 3 is 1.97 bits per heavy atom. The summed E-state index contributed by atoms with van der Waals surface area (Å²) in [6.45, 7) is 6.03. The molecule has 1 fully saturated rings. The van der Waals surface area contributed by atoms with E-state index in [1.165, 1.54) is 27.8 Å². The Labute approximate surface area is 196 Å². The van der Waals surface area contributed by atoms with Crippen molar-refractivity contribution < 1.29 is 21.6 Å². The molecule has 33 heavy (non-hydrogen) atoms. The number of carbonyl (C=O) groups is 1. The summed E-state index contributed by atoms with van der Waals surface area (Å²) in [4.78, 5) is 13.1. The third kappa shape index (κ3) is 5.63. The first kappa shape index (κ1) is 25.4. The molecular formula is C23H31N3O5S2. The number of rotatable bonds is 7. The fourth-order valence-corrected chi connectivity index (χ4v) is 6.45. The van der Waals surface area contributed by atoms with Crippen molar-refractivity contribution in [2.24, 2.45) is 5.92 Å². The summed E-state index contributed by atoms with van der Waals surface area (Å²) < 4.78 is 53.5. The van der Waals surface area contributed by atoms with Crippen LogP contribution in [0.15, 0.2) is 58.3 Å². The molecule has 1 N–H and O–H groups in total. The molecule has 0 unspecified atom stereocenters. The quantitative estimate of drug-likeness (QED) is 0.638. The number of sulfonamides is 2. The molecule has 0 atom stereocenters. The van der Waals surface area contributed by atoms with E-state index in [1.807, 2.05) is 6.92 Å². The summed E-state index contributed by atoms with van der Waals surface area (Å²) >= 11 is 0.